The summed E-state index contributed by atoms with van der Waals surface area (Å²) in [5.41, 5.74) is 2.22. The minimum atomic E-state index is -0.0499. The fraction of sp³-hybridized carbons (Fsp3) is 0.519. The Bertz CT molecular complexity index is 980. The Morgan fingerprint density at radius 1 is 1.03 bits per heavy atom. The summed E-state index contributed by atoms with van der Waals surface area (Å²) in [6, 6.07) is 16.7. The smallest absolute Gasteiger partial charge is 0.234 e. The summed E-state index contributed by atoms with van der Waals surface area (Å²) >= 11 is 0. The molecule has 2 heterocycles. The number of amides is 1. The molecular weight excluding hydrogens is 430 g/mol. The maximum Gasteiger partial charge on any atom is 0.234 e. The van der Waals surface area contributed by atoms with Gasteiger partial charge in [-0.05, 0) is 54.7 Å². The molecule has 0 aromatic heterocycles. The fourth-order valence-electron chi connectivity index (χ4n) is 4.95. The first-order valence-corrected chi connectivity index (χ1v) is 12.4. The number of methoxy groups -OCH3 is 1. The Balaban J connectivity index is 1.37. The van der Waals surface area contributed by atoms with Gasteiger partial charge in [-0.15, -0.1) is 0 Å². The average molecular weight is 466 g/mol. The van der Waals surface area contributed by atoms with Gasteiger partial charge in [0.15, 0.2) is 0 Å². The van der Waals surface area contributed by atoms with Crippen LogP contribution in [-0.2, 0) is 27.4 Å². The van der Waals surface area contributed by atoms with Crippen molar-refractivity contribution in [1.29, 1.82) is 0 Å². The average Bonchev–Trinajstić information content (AvgIpc) is 3.60. The van der Waals surface area contributed by atoms with Crippen molar-refractivity contribution < 1.29 is 19.0 Å². The van der Waals surface area contributed by atoms with Crippen molar-refractivity contribution in [2.75, 3.05) is 39.9 Å². The standard InChI is InChI=1S/C27H35N3O4/c1-32-12-4-11-29-16-25-26(17-29)33-19-21-6-3-8-24(14-21)34-23-7-2-5-20(13-23)15-30(22-9-10-22)18-27(31)28-25/h2-3,5-8,13-14,22,25-26H,4,9-12,15-19H2,1H3,(H,28,31)/t25-,26-/m0/s1. The van der Waals surface area contributed by atoms with Gasteiger partial charge in [-0.25, -0.2) is 0 Å². The predicted octanol–water partition coefficient (Wildman–Crippen LogP) is 3.18. The summed E-state index contributed by atoms with van der Waals surface area (Å²) in [5, 5.41) is 3.30. The number of hydrogen-bond donors (Lipinski definition) is 1. The second-order valence-electron chi connectivity index (χ2n) is 9.66. The van der Waals surface area contributed by atoms with E-state index in [1.165, 1.54) is 0 Å². The van der Waals surface area contributed by atoms with E-state index >= 15 is 0 Å². The highest BCUT2D eigenvalue weighted by molar-refractivity contribution is 5.78. The van der Waals surface area contributed by atoms with Gasteiger partial charge in [0, 0.05) is 45.9 Å². The minimum absolute atomic E-state index is 0.0215. The van der Waals surface area contributed by atoms with Crippen LogP contribution in [0.4, 0.5) is 0 Å². The quantitative estimate of drug-likeness (QED) is 0.685. The van der Waals surface area contributed by atoms with Crippen molar-refractivity contribution in [2.24, 2.45) is 0 Å². The van der Waals surface area contributed by atoms with Gasteiger partial charge in [-0.1, -0.05) is 24.3 Å². The topological polar surface area (TPSA) is 63.3 Å². The van der Waals surface area contributed by atoms with Crippen LogP contribution in [0.1, 0.15) is 30.4 Å². The third kappa shape index (κ3) is 6.16. The molecule has 5 rings (SSSR count). The monoisotopic (exact) mass is 465 g/mol. The Kier molecular flexibility index (Phi) is 7.45. The summed E-state index contributed by atoms with van der Waals surface area (Å²) in [5.74, 6) is 1.69. The molecule has 0 spiro atoms. The van der Waals surface area contributed by atoms with E-state index in [4.69, 9.17) is 14.2 Å². The van der Waals surface area contributed by atoms with Crippen LogP contribution in [0.25, 0.3) is 0 Å². The second kappa shape index (κ2) is 10.9. The van der Waals surface area contributed by atoms with Crippen LogP contribution in [-0.4, -0.2) is 73.8 Å². The Morgan fingerprint density at radius 2 is 1.79 bits per heavy atom. The van der Waals surface area contributed by atoms with Crippen LogP contribution in [0.3, 0.4) is 0 Å². The van der Waals surface area contributed by atoms with E-state index in [1.54, 1.807) is 7.11 Å². The number of nitrogens with zero attached hydrogens (tertiary/aromatic N) is 2. The summed E-state index contributed by atoms with van der Waals surface area (Å²) in [7, 11) is 1.73. The minimum Gasteiger partial charge on any atom is -0.457 e. The number of rotatable bonds is 5. The Hall–Kier alpha value is -2.45. The molecule has 34 heavy (non-hydrogen) atoms. The first-order valence-electron chi connectivity index (χ1n) is 12.4. The number of hydrogen-bond acceptors (Lipinski definition) is 6. The molecule has 2 aliphatic heterocycles. The first-order chi connectivity index (χ1) is 16.7. The van der Waals surface area contributed by atoms with Crippen molar-refractivity contribution >= 4 is 5.91 Å². The van der Waals surface area contributed by atoms with Gasteiger partial charge in [0.1, 0.15) is 11.5 Å². The van der Waals surface area contributed by atoms with Crippen molar-refractivity contribution in [2.45, 2.75) is 50.6 Å². The molecule has 1 N–H and O–H groups in total. The van der Waals surface area contributed by atoms with E-state index in [0.717, 1.165) is 74.7 Å². The second-order valence-corrected chi connectivity index (χ2v) is 9.66. The van der Waals surface area contributed by atoms with Crippen LogP contribution in [0, 0.1) is 0 Å². The SMILES string of the molecule is COCCCN1C[C@@H]2NC(=O)CN(C3CC3)Cc3cccc(c3)Oc3cccc(c3)CO[C@H]2C1. The largest absolute Gasteiger partial charge is 0.457 e. The normalized spacial score (nSPS) is 24.3. The van der Waals surface area contributed by atoms with Gasteiger partial charge < -0.3 is 19.5 Å². The third-order valence-electron chi connectivity index (χ3n) is 6.80. The van der Waals surface area contributed by atoms with Gasteiger partial charge in [0.25, 0.3) is 0 Å². The van der Waals surface area contributed by atoms with E-state index in [-0.39, 0.29) is 18.1 Å². The number of likely N-dealkylation sites (tertiary alicyclic amines) is 1. The molecule has 1 aliphatic carbocycles. The molecule has 4 bridgehead atoms. The van der Waals surface area contributed by atoms with Gasteiger partial charge in [0.05, 0.1) is 25.3 Å². The molecular formula is C27H35N3O4. The van der Waals surface area contributed by atoms with Gasteiger partial charge in [-0.3, -0.25) is 14.6 Å². The van der Waals surface area contributed by atoms with E-state index < -0.39 is 0 Å². The summed E-state index contributed by atoms with van der Waals surface area (Å²) in [4.78, 5) is 17.8. The third-order valence-corrected chi connectivity index (χ3v) is 6.80. The van der Waals surface area contributed by atoms with E-state index in [1.807, 2.05) is 30.3 Å². The van der Waals surface area contributed by atoms with Gasteiger partial charge in [-0.2, -0.15) is 0 Å². The summed E-state index contributed by atoms with van der Waals surface area (Å²) in [6.45, 7) is 4.91. The van der Waals surface area contributed by atoms with Gasteiger partial charge in [0.2, 0.25) is 5.91 Å². The molecule has 2 aromatic carbocycles. The Labute approximate surface area is 202 Å². The van der Waals surface area contributed by atoms with Crippen LogP contribution in [0.15, 0.2) is 48.5 Å². The molecule has 182 valence electrons. The number of fused-ring (bicyclic) bond motifs is 5. The van der Waals surface area contributed by atoms with Gasteiger partial charge >= 0.3 is 0 Å². The highest BCUT2D eigenvalue weighted by Crippen LogP contribution is 2.30. The lowest BCUT2D eigenvalue weighted by Gasteiger charge is -2.25. The van der Waals surface area contributed by atoms with E-state index in [0.29, 0.717) is 19.2 Å². The Morgan fingerprint density at radius 3 is 2.56 bits per heavy atom. The number of benzene rings is 2. The number of carbonyl (C=O) groups excluding carboxylic acids is 1. The molecule has 0 radical (unpaired) electrons. The molecule has 2 aromatic rings. The predicted molar refractivity (Wildman–Crippen MR) is 130 cm³/mol. The maximum absolute atomic E-state index is 13.1. The molecule has 1 saturated heterocycles. The van der Waals surface area contributed by atoms with Crippen LogP contribution in [0.2, 0.25) is 0 Å². The number of ether oxygens (including phenoxy) is 3. The van der Waals surface area contributed by atoms with Crippen LogP contribution in [0.5, 0.6) is 11.5 Å². The molecule has 7 nitrogen and oxygen atoms in total. The zero-order valence-electron chi connectivity index (χ0n) is 19.9. The highest BCUT2D eigenvalue weighted by atomic mass is 16.5. The summed E-state index contributed by atoms with van der Waals surface area (Å²) in [6.07, 6.45) is 3.22. The zero-order valence-corrected chi connectivity index (χ0v) is 19.9. The molecule has 7 heteroatoms. The molecule has 1 amide bonds. The lowest BCUT2D eigenvalue weighted by atomic mass is 10.1. The van der Waals surface area contributed by atoms with E-state index in [9.17, 15) is 4.79 Å². The first kappa shape index (κ1) is 23.3. The zero-order chi connectivity index (χ0) is 23.3. The van der Waals surface area contributed by atoms with E-state index in [2.05, 4.69) is 33.3 Å². The van der Waals surface area contributed by atoms with Crippen molar-refractivity contribution in [3.05, 3.63) is 59.7 Å². The molecule has 2 atom stereocenters. The highest BCUT2D eigenvalue weighted by Gasteiger charge is 2.36. The fourth-order valence-corrected chi connectivity index (χ4v) is 4.95. The molecule has 3 aliphatic rings. The van der Waals surface area contributed by atoms with Crippen LogP contribution < -0.4 is 10.1 Å². The van der Waals surface area contributed by atoms with Crippen molar-refractivity contribution in [3.8, 4) is 11.5 Å². The number of nitrogens with one attached hydrogen (secondary N) is 1. The summed E-state index contributed by atoms with van der Waals surface area (Å²) < 4.78 is 17.8. The molecule has 2 fully saturated rings. The maximum atomic E-state index is 13.1. The lowest BCUT2D eigenvalue weighted by molar-refractivity contribution is -0.124. The van der Waals surface area contributed by atoms with Crippen LogP contribution >= 0.6 is 0 Å². The molecule has 0 unspecified atom stereocenters. The lowest BCUT2D eigenvalue weighted by Crippen LogP contribution is -2.48. The number of carbonyl (C=O) groups is 1. The van der Waals surface area contributed by atoms with Crippen molar-refractivity contribution in [3.63, 3.8) is 0 Å². The van der Waals surface area contributed by atoms with Crippen molar-refractivity contribution in [1.82, 2.24) is 15.1 Å². The molecule has 1 saturated carbocycles.